The predicted octanol–water partition coefficient (Wildman–Crippen LogP) is 4.44. The summed E-state index contributed by atoms with van der Waals surface area (Å²) in [5.41, 5.74) is 2.00. The molecule has 0 aliphatic carbocycles. The number of aromatic nitrogens is 1. The normalized spacial score (nSPS) is 10.2. The fraction of sp³-hybridized carbons (Fsp3) is 0.100. The van der Waals surface area contributed by atoms with Crippen LogP contribution in [0, 0.1) is 18.3 Å². The minimum atomic E-state index is -0.632. The predicted molar refractivity (Wildman–Crippen MR) is 107 cm³/mol. The van der Waals surface area contributed by atoms with E-state index in [2.05, 4.69) is 10.3 Å². The Morgan fingerprint density at radius 2 is 2.04 bits per heavy atom. The number of ether oxygens (including phenoxy) is 1. The average Bonchev–Trinajstić information content (AvgIpc) is 3.08. The van der Waals surface area contributed by atoms with E-state index in [1.165, 1.54) is 11.3 Å². The zero-order valence-electron chi connectivity index (χ0n) is 14.7. The van der Waals surface area contributed by atoms with Crippen molar-refractivity contribution in [1.82, 2.24) is 4.98 Å². The van der Waals surface area contributed by atoms with E-state index in [1.54, 1.807) is 49.4 Å². The Bertz CT molecular complexity index is 1090. The number of nitrogens with one attached hydrogen (secondary N) is 1. The van der Waals surface area contributed by atoms with Gasteiger partial charge in [0.05, 0.1) is 16.9 Å². The number of nitrogens with zero attached hydrogens (tertiary/aromatic N) is 2. The molecule has 0 spiro atoms. The minimum absolute atomic E-state index is 0.320. The number of halogens is 1. The van der Waals surface area contributed by atoms with Gasteiger partial charge in [0.2, 0.25) is 0 Å². The van der Waals surface area contributed by atoms with E-state index in [-0.39, 0.29) is 0 Å². The van der Waals surface area contributed by atoms with E-state index in [9.17, 15) is 9.59 Å². The first kappa shape index (κ1) is 19.5. The van der Waals surface area contributed by atoms with Crippen LogP contribution in [0.5, 0.6) is 0 Å². The molecule has 28 heavy (non-hydrogen) atoms. The molecule has 0 aliphatic heterocycles. The van der Waals surface area contributed by atoms with Crippen molar-refractivity contribution in [3.8, 4) is 16.6 Å². The van der Waals surface area contributed by atoms with Gasteiger partial charge < -0.3 is 10.1 Å². The number of aryl methyl sites for hydroxylation is 1. The molecule has 6 nitrogen and oxygen atoms in total. The summed E-state index contributed by atoms with van der Waals surface area (Å²) in [5, 5.41) is 12.8. The van der Waals surface area contributed by atoms with E-state index >= 15 is 0 Å². The molecule has 3 aromatic rings. The summed E-state index contributed by atoms with van der Waals surface area (Å²) in [4.78, 5) is 29.1. The molecule has 2 aromatic carbocycles. The third-order valence-electron chi connectivity index (χ3n) is 3.71. The highest BCUT2D eigenvalue weighted by molar-refractivity contribution is 7.17. The van der Waals surface area contributed by atoms with Crippen molar-refractivity contribution < 1.29 is 14.3 Å². The lowest BCUT2D eigenvalue weighted by Gasteiger charge is -2.07. The van der Waals surface area contributed by atoms with Gasteiger partial charge in [-0.2, -0.15) is 5.26 Å². The highest BCUT2D eigenvalue weighted by Crippen LogP contribution is 2.29. The Balaban J connectivity index is 1.65. The van der Waals surface area contributed by atoms with Crippen LogP contribution in [0.4, 0.5) is 5.69 Å². The van der Waals surface area contributed by atoms with Crippen LogP contribution < -0.4 is 5.32 Å². The number of carbonyl (C=O) groups excluding carboxylic acids is 2. The van der Waals surface area contributed by atoms with E-state index in [4.69, 9.17) is 21.6 Å². The number of para-hydroxylation sites is 1. The van der Waals surface area contributed by atoms with Gasteiger partial charge in [-0.25, -0.2) is 9.78 Å². The van der Waals surface area contributed by atoms with Gasteiger partial charge in [-0.3, -0.25) is 4.79 Å². The summed E-state index contributed by atoms with van der Waals surface area (Å²) < 4.78 is 5.10. The van der Waals surface area contributed by atoms with E-state index < -0.39 is 18.5 Å². The molecule has 1 heterocycles. The first-order valence-electron chi connectivity index (χ1n) is 8.17. The number of amides is 1. The summed E-state index contributed by atoms with van der Waals surface area (Å²) in [5.74, 6) is -1.17. The van der Waals surface area contributed by atoms with Crippen molar-refractivity contribution in [1.29, 1.82) is 5.26 Å². The monoisotopic (exact) mass is 411 g/mol. The zero-order valence-corrected chi connectivity index (χ0v) is 16.3. The maximum atomic E-state index is 12.3. The molecular weight excluding hydrogens is 398 g/mol. The van der Waals surface area contributed by atoms with E-state index in [0.29, 0.717) is 31.9 Å². The number of esters is 1. The van der Waals surface area contributed by atoms with Crippen LogP contribution in [0.1, 0.15) is 20.9 Å². The maximum Gasteiger partial charge on any atom is 0.350 e. The van der Waals surface area contributed by atoms with Crippen molar-refractivity contribution in [3.63, 3.8) is 0 Å². The Morgan fingerprint density at radius 3 is 2.79 bits per heavy atom. The van der Waals surface area contributed by atoms with Crippen LogP contribution in [0.3, 0.4) is 0 Å². The molecule has 0 aliphatic rings. The summed E-state index contributed by atoms with van der Waals surface area (Å²) in [6.07, 6.45) is 0. The van der Waals surface area contributed by atoms with Gasteiger partial charge in [-0.1, -0.05) is 35.9 Å². The molecule has 0 saturated carbocycles. The summed E-state index contributed by atoms with van der Waals surface area (Å²) >= 11 is 7.17. The lowest BCUT2D eigenvalue weighted by Crippen LogP contribution is -2.21. The molecule has 1 N–H and O–H groups in total. The van der Waals surface area contributed by atoms with Crippen molar-refractivity contribution >= 4 is 40.5 Å². The lowest BCUT2D eigenvalue weighted by atomic mass is 10.2. The largest absolute Gasteiger partial charge is 0.451 e. The van der Waals surface area contributed by atoms with Crippen molar-refractivity contribution in [2.75, 3.05) is 11.9 Å². The Morgan fingerprint density at radius 1 is 1.25 bits per heavy atom. The molecule has 0 saturated heterocycles. The Labute approximate surface area is 170 Å². The number of thiazole rings is 1. The van der Waals surface area contributed by atoms with Crippen molar-refractivity contribution in [3.05, 3.63) is 69.7 Å². The van der Waals surface area contributed by atoms with E-state index in [1.807, 2.05) is 12.1 Å². The van der Waals surface area contributed by atoms with Crippen LogP contribution in [0.25, 0.3) is 10.6 Å². The van der Waals surface area contributed by atoms with Crippen molar-refractivity contribution in [2.45, 2.75) is 6.92 Å². The van der Waals surface area contributed by atoms with Gasteiger partial charge in [0.15, 0.2) is 6.61 Å². The highest BCUT2D eigenvalue weighted by atomic mass is 35.5. The molecule has 1 amide bonds. The first-order valence-corrected chi connectivity index (χ1v) is 9.37. The van der Waals surface area contributed by atoms with Gasteiger partial charge in [0.1, 0.15) is 16.0 Å². The Hall–Kier alpha value is -3.21. The fourth-order valence-electron chi connectivity index (χ4n) is 2.40. The molecule has 3 rings (SSSR count). The SMILES string of the molecule is Cc1nc(-c2cccc(Cl)c2)sc1C(=O)OCC(=O)Nc1ccccc1C#N. The lowest BCUT2D eigenvalue weighted by molar-refractivity contribution is -0.119. The molecule has 0 radical (unpaired) electrons. The van der Waals surface area contributed by atoms with Gasteiger partial charge in [-0.05, 0) is 31.2 Å². The number of hydrogen-bond donors (Lipinski definition) is 1. The van der Waals surface area contributed by atoms with Crippen molar-refractivity contribution in [2.24, 2.45) is 0 Å². The number of rotatable bonds is 5. The van der Waals surface area contributed by atoms with Crippen LogP contribution in [0.2, 0.25) is 5.02 Å². The van der Waals surface area contributed by atoms with E-state index in [0.717, 1.165) is 5.56 Å². The summed E-state index contributed by atoms with van der Waals surface area (Å²) in [6.45, 7) is 1.23. The molecule has 0 fully saturated rings. The number of nitriles is 1. The molecular formula is C20H14ClN3O3S. The number of hydrogen-bond acceptors (Lipinski definition) is 6. The van der Waals surface area contributed by atoms with Gasteiger partial charge >= 0.3 is 5.97 Å². The third-order valence-corrected chi connectivity index (χ3v) is 5.13. The third kappa shape index (κ3) is 4.55. The highest BCUT2D eigenvalue weighted by Gasteiger charge is 2.19. The molecule has 140 valence electrons. The van der Waals surface area contributed by atoms with Crippen LogP contribution >= 0.6 is 22.9 Å². The number of anilines is 1. The quantitative estimate of drug-likeness (QED) is 0.626. The maximum absolute atomic E-state index is 12.3. The van der Waals surface area contributed by atoms with Gasteiger partial charge in [0, 0.05) is 10.6 Å². The number of carbonyl (C=O) groups is 2. The van der Waals surface area contributed by atoms with Gasteiger partial charge in [-0.15, -0.1) is 11.3 Å². The topological polar surface area (TPSA) is 92.1 Å². The standard InChI is InChI=1S/C20H14ClN3O3S/c1-12-18(28-19(23-12)13-6-4-7-15(21)9-13)20(26)27-11-17(25)24-16-8-3-2-5-14(16)10-22/h2-9H,11H2,1H3,(H,24,25). The summed E-state index contributed by atoms with van der Waals surface area (Å²) in [6, 6.07) is 15.7. The van der Waals surface area contributed by atoms with Crippen LogP contribution in [-0.4, -0.2) is 23.5 Å². The van der Waals surface area contributed by atoms with Gasteiger partial charge in [0.25, 0.3) is 5.91 Å². The van der Waals surface area contributed by atoms with Crippen LogP contribution in [-0.2, 0) is 9.53 Å². The molecule has 8 heteroatoms. The average molecular weight is 412 g/mol. The molecule has 0 bridgehead atoms. The second kappa shape index (κ2) is 8.65. The zero-order chi connectivity index (χ0) is 20.1. The molecule has 0 atom stereocenters. The number of benzene rings is 2. The Kier molecular flexibility index (Phi) is 6.04. The smallest absolute Gasteiger partial charge is 0.350 e. The second-order valence-electron chi connectivity index (χ2n) is 5.73. The second-order valence-corrected chi connectivity index (χ2v) is 7.16. The molecule has 1 aromatic heterocycles. The minimum Gasteiger partial charge on any atom is -0.451 e. The molecule has 0 unspecified atom stereocenters. The van der Waals surface area contributed by atoms with Crippen LogP contribution in [0.15, 0.2) is 48.5 Å². The fourth-order valence-corrected chi connectivity index (χ4v) is 3.55. The summed E-state index contributed by atoms with van der Waals surface area (Å²) in [7, 11) is 0. The first-order chi connectivity index (χ1) is 13.5.